The average Bonchev–Trinajstić information content (AvgIpc) is 2.24. The lowest BCUT2D eigenvalue weighted by Crippen LogP contribution is -2.32. The monoisotopic (exact) mass is 245 g/mol. The van der Waals surface area contributed by atoms with Gasteiger partial charge in [0.2, 0.25) is 0 Å². The van der Waals surface area contributed by atoms with Gasteiger partial charge in [0.25, 0.3) is 0 Å². The van der Waals surface area contributed by atoms with Crippen molar-refractivity contribution in [1.29, 1.82) is 0 Å². The molecule has 1 unspecified atom stereocenters. The van der Waals surface area contributed by atoms with Gasteiger partial charge in [0.1, 0.15) is 0 Å². The van der Waals surface area contributed by atoms with E-state index in [9.17, 15) is 13.2 Å². The number of hydrogen-bond acceptors (Lipinski definition) is 1. The Labute approximate surface area is 100 Å². The van der Waals surface area contributed by atoms with Crippen LogP contribution in [0.2, 0.25) is 0 Å². The fourth-order valence-corrected chi connectivity index (χ4v) is 1.80. The third kappa shape index (κ3) is 4.04. The molecule has 0 aromatic heterocycles. The minimum absolute atomic E-state index is 0.193. The second-order valence-corrected chi connectivity index (χ2v) is 4.54. The van der Waals surface area contributed by atoms with Gasteiger partial charge in [0, 0.05) is 6.04 Å². The highest BCUT2D eigenvalue weighted by atomic mass is 19.4. The summed E-state index contributed by atoms with van der Waals surface area (Å²) in [6.07, 6.45) is -3.65. The van der Waals surface area contributed by atoms with Crippen molar-refractivity contribution >= 4 is 0 Å². The van der Waals surface area contributed by atoms with Crippen LogP contribution in [0.1, 0.15) is 25.0 Å². The molecule has 0 heterocycles. The first-order chi connectivity index (χ1) is 7.84. The molecule has 0 radical (unpaired) electrons. The molecule has 0 bridgehead atoms. The van der Waals surface area contributed by atoms with E-state index in [1.165, 1.54) is 12.1 Å². The van der Waals surface area contributed by atoms with Gasteiger partial charge in [-0.15, -0.1) is 0 Å². The first kappa shape index (κ1) is 14.0. The van der Waals surface area contributed by atoms with Gasteiger partial charge in [-0.25, -0.2) is 0 Å². The summed E-state index contributed by atoms with van der Waals surface area (Å²) in [6.45, 7) is 4.10. The van der Waals surface area contributed by atoms with E-state index in [1.807, 2.05) is 7.05 Å². The molecule has 1 rings (SSSR count). The smallest absolute Gasteiger partial charge is 0.316 e. The van der Waals surface area contributed by atoms with Crippen LogP contribution in [-0.2, 0) is 12.6 Å². The van der Waals surface area contributed by atoms with Crippen LogP contribution >= 0.6 is 0 Å². The summed E-state index contributed by atoms with van der Waals surface area (Å²) < 4.78 is 37.6. The maximum atomic E-state index is 12.5. The zero-order valence-electron chi connectivity index (χ0n) is 10.3. The predicted molar refractivity (Wildman–Crippen MR) is 62.8 cm³/mol. The van der Waals surface area contributed by atoms with Crippen molar-refractivity contribution in [3.05, 3.63) is 35.4 Å². The molecule has 17 heavy (non-hydrogen) atoms. The quantitative estimate of drug-likeness (QED) is 0.856. The normalized spacial score (nSPS) is 14.1. The molecule has 4 heteroatoms. The Kier molecular flexibility index (Phi) is 4.57. The molecule has 0 fully saturated rings. The summed E-state index contributed by atoms with van der Waals surface area (Å²) in [4.78, 5) is 0. The van der Waals surface area contributed by atoms with Crippen LogP contribution in [0.15, 0.2) is 24.3 Å². The fraction of sp³-hybridized carbons (Fsp3) is 0.538. The fourth-order valence-electron chi connectivity index (χ4n) is 1.80. The second-order valence-electron chi connectivity index (χ2n) is 4.54. The Morgan fingerprint density at radius 2 is 1.88 bits per heavy atom. The molecule has 1 aromatic rings. The first-order valence-electron chi connectivity index (χ1n) is 5.68. The largest absolute Gasteiger partial charge is 0.416 e. The molecule has 0 saturated heterocycles. The van der Waals surface area contributed by atoms with E-state index in [4.69, 9.17) is 0 Å². The lowest BCUT2D eigenvalue weighted by atomic mass is 9.95. The van der Waals surface area contributed by atoms with Crippen molar-refractivity contribution in [2.24, 2.45) is 5.92 Å². The van der Waals surface area contributed by atoms with E-state index in [0.717, 1.165) is 6.07 Å². The standard InChI is InChI=1S/C13H18F3N/c1-9(2)12(17-3)8-10-5-4-6-11(7-10)13(14,15)16/h4-7,9,12,17H,8H2,1-3H3. The van der Waals surface area contributed by atoms with Crippen LogP contribution in [0.3, 0.4) is 0 Å². The SMILES string of the molecule is CNC(Cc1cccc(C(F)(F)F)c1)C(C)C. The molecular formula is C13H18F3N. The maximum Gasteiger partial charge on any atom is 0.416 e. The van der Waals surface area contributed by atoms with Crippen LogP contribution in [-0.4, -0.2) is 13.1 Å². The van der Waals surface area contributed by atoms with Crippen molar-refractivity contribution in [2.45, 2.75) is 32.5 Å². The Hall–Kier alpha value is -1.03. The summed E-state index contributed by atoms with van der Waals surface area (Å²) in [5, 5.41) is 3.13. The van der Waals surface area contributed by atoms with Gasteiger partial charge >= 0.3 is 6.18 Å². The highest BCUT2D eigenvalue weighted by Crippen LogP contribution is 2.29. The van der Waals surface area contributed by atoms with Gasteiger partial charge in [-0.1, -0.05) is 32.0 Å². The number of likely N-dealkylation sites (N-methyl/N-ethyl adjacent to an activating group) is 1. The molecule has 1 atom stereocenters. The summed E-state index contributed by atoms with van der Waals surface area (Å²) in [6, 6.07) is 5.73. The van der Waals surface area contributed by atoms with E-state index < -0.39 is 11.7 Å². The van der Waals surface area contributed by atoms with Gasteiger partial charge in [0.15, 0.2) is 0 Å². The van der Waals surface area contributed by atoms with Crippen molar-refractivity contribution < 1.29 is 13.2 Å². The second kappa shape index (κ2) is 5.54. The van der Waals surface area contributed by atoms with Crippen molar-refractivity contribution in [2.75, 3.05) is 7.05 Å². The molecule has 1 nitrogen and oxygen atoms in total. The maximum absolute atomic E-state index is 12.5. The number of rotatable bonds is 4. The zero-order chi connectivity index (χ0) is 13.1. The summed E-state index contributed by atoms with van der Waals surface area (Å²) in [5.74, 6) is 0.384. The summed E-state index contributed by atoms with van der Waals surface area (Å²) >= 11 is 0. The van der Waals surface area contributed by atoms with Crippen LogP contribution in [0, 0.1) is 5.92 Å². The van der Waals surface area contributed by atoms with Gasteiger partial charge in [0.05, 0.1) is 5.56 Å². The Morgan fingerprint density at radius 1 is 1.24 bits per heavy atom. The first-order valence-corrected chi connectivity index (χ1v) is 5.68. The Bertz CT molecular complexity index is 358. The molecule has 0 aliphatic carbocycles. The number of alkyl halides is 3. The van der Waals surface area contributed by atoms with Crippen LogP contribution in [0.4, 0.5) is 13.2 Å². The number of hydrogen-bond donors (Lipinski definition) is 1. The predicted octanol–water partition coefficient (Wildman–Crippen LogP) is 3.49. The molecule has 0 amide bonds. The van der Waals surface area contributed by atoms with E-state index >= 15 is 0 Å². The van der Waals surface area contributed by atoms with E-state index in [1.54, 1.807) is 6.07 Å². The highest BCUT2D eigenvalue weighted by Gasteiger charge is 2.30. The van der Waals surface area contributed by atoms with Gasteiger partial charge in [-0.2, -0.15) is 13.2 Å². The molecule has 1 N–H and O–H groups in total. The van der Waals surface area contributed by atoms with Gasteiger partial charge < -0.3 is 5.32 Å². The molecular weight excluding hydrogens is 227 g/mol. The Balaban J connectivity index is 2.85. The number of halogens is 3. The minimum atomic E-state index is -4.26. The zero-order valence-corrected chi connectivity index (χ0v) is 10.3. The van der Waals surface area contributed by atoms with E-state index in [0.29, 0.717) is 17.9 Å². The molecule has 0 saturated carbocycles. The van der Waals surface area contributed by atoms with Crippen LogP contribution < -0.4 is 5.32 Å². The topological polar surface area (TPSA) is 12.0 Å². The van der Waals surface area contributed by atoms with Gasteiger partial charge in [-0.3, -0.25) is 0 Å². The van der Waals surface area contributed by atoms with Crippen LogP contribution in [0.5, 0.6) is 0 Å². The molecule has 0 aliphatic rings. The molecule has 1 aromatic carbocycles. The lowest BCUT2D eigenvalue weighted by molar-refractivity contribution is -0.137. The van der Waals surface area contributed by atoms with Crippen molar-refractivity contribution in [1.82, 2.24) is 5.32 Å². The lowest BCUT2D eigenvalue weighted by Gasteiger charge is -2.20. The van der Waals surface area contributed by atoms with E-state index in [-0.39, 0.29) is 6.04 Å². The molecule has 96 valence electrons. The highest BCUT2D eigenvalue weighted by molar-refractivity contribution is 5.26. The molecule has 0 spiro atoms. The van der Waals surface area contributed by atoms with Gasteiger partial charge in [-0.05, 0) is 31.0 Å². The number of benzene rings is 1. The van der Waals surface area contributed by atoms with E-state index in [2.05, 4.69) is 19.2 Å². The van der Waals surface area contributed by atoms with Crippen molar-refractivity contribution in [3.8, 4) is 0 Å². The Morgan fingerprint density at radius 3 is 2.35 bits per heavy atom. The van der Waals surface area contributed by atoms with Crippen LogP contribution in [0.25, 0.3) is 0 Å². The average molecular weight is 245 g/mol. The third-order valence-electron chi connectivity index (χ3n) is 2.89. The van der Waals surface area contributed by atoms with Crippen molar-refractivity contribution in [3.63, 3.8) is 0 Å². The summed E-state index contributed by atoms with van der Waals surface area (Å²) in [5.41, 5.74) is 0.140. The summed E-state index contributed by atoms with van der Waals surface area (Å²) in [7, 11) is 1.83. The minimum Gasteiger partial charge on any atom is -0.316 e. The molecule has 0 aliphatic heterocycles. The number of nitrogens with one attached hydrogen (secondary N) is 1. The third-order valence-corrected chi connectivity index (χ3v) is 2.89.